The molecule has 0 aromatic heterocycles. The fourth-order valence-electron chi connectivity index (χ4n) is 3.00. The molecule has 26 heavy (non-hydrogen) atoms. The van der Waals surface area contributed by atoms with Crippen molar-refractivity contribution in [2.75, 3.05) is 26.5 Å². The van der Waals surface area contributed by atoms with Crippen molar-refractivity contribution < 1.29 is 14.6 Å². The van der Waals surface area contributed by atoms with Crippen molar-refractivity contribution in [3.8, 4) is 11.5 Å². The van der Waals surface area contributed by atoms with E-state index in [4.69, 9.17) is 9.47 Å². The van der Waals surface area contributed by atoms with Crippen LogP contribution in [0.5, 0.6) is 11.5 Å². The highest BCUT2D eigenvalue weighted by atomic mass is 127. The molecule has 7 heteroatoms. The zero-order valence-corrected chi connectivity index (χ0v) is 18.3. The van der Waals surface area contributed by atoms with Gasteiger partial charge in [0.25, 0.3) is 0 Å². The maximum absolute atomic E-state index is 9.37. The van der Waals surface area contributed by atoms with Gasteiger partial charge in [0.1, 0.15) is 0 Å². The van der Waals surface area contributed by atoms with E-state index in [1.165, 1.54) is 0 Å². The first-order valence-electron chi connectivity index (χ1n) is 9.18. The van der Waals surface area contributed by atoms with E-state index in [2.05, 4.69) is 36.4 Å². The maximum Gasteiger partial charge on any atom is 0.231 e. The van der Waals surface area contributed by atoms with Crippen molar-refractivity contribution in [1.29, 1.82) is 0 Å². The third-order valence-electron chi connectivity index (χ3n) is 4.97. The molecule has 3 N–H and O–H groups in total. The van der Waals surface area contributed by atoms with Gasteiger partial charge in [-0.2, -0.15) is 0 Å². The molecule has 0 saturated heterocycles. The molecule has 1 aromatic rings. The number of aliphatic hydroxyl groups is 1. The molecule has 0 aliphatic carbocycles. The third kappa shape index (κ3) is 6.19. The van der Waals surface area contributed by atoms with E-state index in [-0.39, 0.29) is 42.8 Å². The normalized spacial score (nSPS) is 13.3. The number of nitrogens with zero attached hydrogens (tertiary/aromatic N) is 1. The molecule has 1 heterocycles. The van der Waals surface area contributed by atoms with Gasteiger partial charge >= 0.3 is 0 Å². The lowest BCUT2D eigenvalue weighted by atomic mass is 9.79. The van der Waals surface area contributed by atoms with Gasteiger partial charge in [0, 0.05) is 19.7 Å². The number of fused-ring (bicyclic) bond motifs is 1. The molecule has 0 spiro atoms. The molecule has 1 aliphatic rings. The van der Waals surface area contributed by atoms with Crippen LogP contribution in [0, 0.1) is 5.41 Å². The van der Waals surface area contributed by atoms with Gasteiger partial charge in [-0.1, -0.05) is 19.9 Å². The van der Waals surface area contributed by atoms with Crippen LogP contribution >= 0.6 is 24.0 Å². The van der Waals surface area contributed by atoms with E-state index in [0.717, 1.165) is 55.4 Å². The molecule has 0 fully saturated rings. The standard InChI is InChI=1S/C19H31N3O3.HI/c1-4-19(5-2,9-10-23)13-22-18(20-6-3)21-12-15-7-8-16-17(11-15)25-14-24-16;/h7-8,11,23H,4-6,9-10,12-14H2,1-3H3,(H2,20,21,22);1H. The lowest BCUT2D eigenvalue weighted by Crippen LogP contribution is -2.43. The Hall–Kier alpha value is -1.22. The van der Waals surface area contributed by atoms with Crippen LogP contribution in [0.2, 0.25) is 0 Å². The average Bonchev–Trinajstić information content (AvgIpc) is 3.10. The second kappa shape index (κ2) is 11.5. The van der Waals surface area contributed by atoms with Crippen LogP contribution in [-0.4, -0.2) is 37.6 Å². The zero-order chi connectivity index (χ0) is 18.1. The Kier molecular flexibility index (Phi) is 10.1. The van der Waals surface area contributed by atoms with Crippen LogP contribution in [0.15, 0.2) is 23.2 Å². The van der Waals surface area contributed by atoms with Crippen LogP contribution in [0.3, 0.4) is 0 Å². The fraction of sp³-hybridized carbons (Fsp3) is 0.632. The van der Waals surface area contributed by atoms with E-state index in [0.29, 0.717) is 6.54 Å². The summed E-state index contributed by atoms with van der Waals surface area (Å²) >= 11 is 0. The van der Waals surface area contributed by atoms with Crippen LogP contribution in [-0.2, 0) is 6.54 Å². The third-order valence-corrected chi connectivity index (χ3v) is 4.97. The summed E-state index contributed by atoms with van der Waals surface area (Å²) in [6, 6.07) is 5.91. The summed E-state index contributed by atoms with van der Waals surface area (Å²) < 4.78 is 10.8. The molecule has 0 bridgehead atoms. The highest BCUT2D eigenvalue weighted by Crippen LogP contribution is 2.32. The monoisotopic (exact) mass is 477 g/mol. The van der Waals surface area contributed by atoms with Crippen LogP contribution in [0.4, 0.5) is 0 Å². The van der Waals surface area contributed by atoms with Crippen molar-refractivity contribution in [3.63, 3.8) is 0 Å². The Bertz CT molecular complexity index is 577. The summed E-state index contributed by atoms with van der Waals surface area (Å²) in [5, 5.41) is 16.1. The first-order chi connectivity index (χ1) is 12.2. The van der Waals surface area contributed by atoms with Gasteiger partial charge in [0.05, 0.1) is 6.54 Å². The van der Waals surface area contributed by atoms with Crippen molar-refractivity contribution in [3.05, 3.63) is 23.8 Å². The van der Waals surface area contributed by atoms with Crippen LogP contribution in [0.1, 0.15) is 45.6 Å². The van der Waals surface area contributed by atoms with Gasteiger partial charge in [0.15, 0.2) is 17.5 Å². The van der Waals surface area contributed by atoms with Gasteiger partial charge < -0.3 is 25.2 Å². The Morgan fingerprint density at radius 3 is 2.54 bits per heavy atom. The summed E-state index contributed by atoms with van der Waals surface area (Å²) in [5.41, 5.74) is 1.18. The number of benzene rings is 1. The molecule has 0 radical (unpaired) electrons. The number of guanidine groups is 1. The summed E-state index contributed by atoms with van der Waals surface area (Å²) in [4.78, 5) is 4.68. The second-order valence-corrected chi connectivity index (χ2v) is 6.42. The van der Waals surface area contributed by atoms with Crippen LogP contribution in [0.25, 0.3) is 0 Å². The molecule has 148 valence electrons. The van der Waals surface area contributed by atoms with E-state index in [1.807, 2.05) is 18.2 Å². The predicted molar refractivity (Wildman–Crippen MR) is 116 cm³/mol. The number of rotatable bonds is 9. The Balaban J connectivity index is 0.00000338. The Morgan fingerprint density at radius 1 is 1.15 bits per heavy atom. The summed E-state index contributed by atoms with van der Waals surface area (Å²) in [6.45, 7) is 9.08. The summed E-state index contributed by atoms with van der Waals surface area (Å²) in [5.74, 6) is 2.37. The highest BCUT2D eigenvalue weighted by molar-refractivity contribution is 14.0. The Morgan fingerprint density at radius 2 is 1.88 bits per heavy atom. The van der Waals surface area contributed by atoms with E-state index in [9.17, 15) is 5.11 Å². The molecule has 0 atom stereocenters. The molecule has 0 saturated carbocycles. The average molecular weight is 477 g/mol. The number of ether oxygens (including phenoxy) is 2. The second-order valence-electron chi connectivity index (χ2n) is 6.42. The number of nitrogens with one attached hydrogen (secondary N) is 2. The lowest BCUT2D eigenvalue weighted by Gasteiger charge is -2.32. The summed E-state index contributed by atoms with van der Waals surface area (Å²) in [7, 11) is 0. The smallest absolute Gasteiger partial charge is 0.231 e. The van der Waals surface area contributed by atoms with Gasteiger partial charge in [-0.05, 0) is 49.3 Å². The van der Waals surface area contributed by atoms with Crippen molar-refractivity contribution in [2.45, 2.75) is 46.6 Å². The number of aliphatic imine (C=N–C) groups is 1. The van der Waals surface area contributed by atoms with Gasteiger partial charge in [-0.15, -0.1) is 24.0 Å². The molecular weight excluding hydrogens is 445 g/mol. The lowest BCUT2D eigenvalue weighted by molar-refractivity contribution is 0.169. The molecule has 6 nitrogen and oxygen atoms in total. The van der Waals surface area contributed by atoms with E-state index in [1.54, 1.807) is 0 Å². The van der Waals surface area contributed by atoms with Gasteiger partial charge in [0.2, 0.25) is 6.79 Å². The number of hydrogen-bond acceptors (Lipinski definition) is 4. The van der Waals surface area contributed by atoms with Crippen molar-refractivity contribution in [1.82, 2.24) is 10.6 Å². The molecule has 1 aliphatic heterocycles. The largest absolute Gasteiger partial charge is 0.454 e. The van der Waals surface area contributed by atoms with Crippen LogP contribution < -0.4 is 20.1 Å². The first-order valence-corrected chi connectivity index (χ1v) is 9.18. The number of halogens is 1. The minimum atomic E-state index is 0. The quantitative estimate of drug-likeness (QED) is 0.289. The molecule has 1 aromatic carbocycles. The van der Waals surface area contributed by atoms with E-state index < -0.39 is 0 Å². The maximum atomic E-state index is 9.37. The fourth-order valence-corrected chi connectivity index (χ4v) is 3.00. The SMILES string of the molecule is CCNC(=NCc1ccc2c(c1)OCO2)NCC(CC)(CC)CCO.I. The summed E-state index contributed by atoms with van der Waals surface area (Å²) in [6.07, 6.45) is 2.85. The minimum absolute atomic E-state index is 0. The molecule has 2 rings (SSSR count). The number of hydrogen-bond donors (Lipinski definition) is 3. The topological polar surface area (TPSA) is 75.1 Å². The molecule has 0 unspecified atom stereocenters. The van der Waals surface area contributed by atoms with Gasteiger partial charge in [-0.3, -0.25) is 0 Å². The molecular formula is C19H32IN3O3. The van der Waals surface area contributed by atoms with E-state index >= 15 is 0 Å². The molecule has 0 amide bonds. The minimum Gasteiger partial charge on any atom is -0.454 e. The van der Waals surface area contributed by atoms with Gasteiger partial charge in [-0.25, -0.2) is 4.99 Å². The predicted octanol–water partition coefficient (Wildman–Crippen LogP) is 3.28. The Labute approximate surface area is 173 Å². The van der Waals surface area contributed by atoms with Crippen molar-refractivity contribution >= 4 is 29.9 Å². The number of aliphatic hydroxyl groups excluding tert-OH is 1. The zero-order valence-electron chi connectivity index (χ0n) is 16.0. The first kappa shape index (κ1) is 22.8. The van der Waals surface area contributed by atoms with Crippen molar-refractivity contribution in [2.24, 2.45) is 10.4 Å². The highest BCUT2D eigenvalue weighted by Gasteiger charge is 2.25.